The SMILES string of the molecule is C=CC(=O)NCCCC1CCN(c2ccnc(N(CC)[C@@H]3CCCN(c4cccc(C)c4)C3)c2)CC1.CC.CC.COCCOCCC1CCCN(c2ccnc(N3CC[C@@H]4[C@H]3CCCN4c3cccc(F)c3)c2)C1.[HH]. The summed E-state index contributed by atoms with van der Waals surface area (Å²) in [6.07, 6.45) is 19.3. The van der Waals surface area contributed by atoms with Crippen LogP contribution in [0.1, 0.15) is 119 Å². The van der Waals surface area contributed by atoms with Crippen LogP contribution in [0, 0.1) is 24.6 Å². The lowest BCUT2D eigenvalue weighted by atomic mass is 9.92. The van der Waals surface area contributed by atoms with E-state index in [9.17, 15) is 9.18 Å². The van der Waals surface area contributed by atoms with Crippen LogP contribution in [0.15, 0.2) is 97.8 Å². The summed E-state index contributed by atoms with van der Waals surface area (Å²) in [6, 6.07) is 26.2. The Bertz CT molecular complexity index is 2280. The topological polar surface area (TPSA) is 92.8 Å². The minimum Gasteiger partial charge on any atom is -0.382 e. The number of halogens is 1. The van der Waals surface area contributed by atoms with Gasteiger partial charge in [0.2, 0.25) is 5.91 Å². The van der Waals surface area contributed by atoms with Crippen molar-refractivity contribution in [3.8, 4) is 0 Å². The van der Waals surface area contributed by atoms with Crippen molar-refractivity contribution in [3.05, 3.63) is 109 Å². The largest absolute Gasteiger partial charge is 0.382 e. The standard InChI is InChI=1S/C30H43N5O.C28H39FN4O2.2C2H6.H2/c1-4-30(36)32-16-7-10-25-14-19-33(20-15-25)27-13-17-31-29(22-27)35(5-2)28-12-8-18-34(23-28)26-11-6-9-24(3)21-26;1-34-17-18-35-16-11-22-5-3-13-31(21-22)24-9-12-30-28(20-24)33-15-10-27-26(33)8-4-14-32(27)25-7-2-6-23(29)19-25;2*1-2;/h4,6,9,11,13,17,21-22,25,28H,1,5,7-8,10,12,14-16,18-20,23H2,2-3H3,(H,32,36);2,6-7,9,12,19-20,22,26-27H,3-5,8,10-11,13-18,21H2,1H3;2*1-2H3;1H/t28-;22?,26-,27-;;;/m11.../s1. The molecule has 0 radical (unpaired) electrons. The molecule has 0 bridgehead atoms. The smallest absolute Gasteiger partial charge is 0.243 e. The second-order valence-electron chi connectivity index (χ2n) is 20.5. The van der Waals surface area contributed by atoms with Crippen molar-refractivity contribution < 1.29 is 20.1 Å². The van der Waals surface area contributed by atoms with E-state index in [4.69, 9.17) is 19.4 Å². The third-order valence-corrected chi connectivity index (χ3v) is 15.8. The highest BCUT2D eigenvalue weighted by Gasteiger charge is 2.41. The lowest BCUT2D eigenvalue weighted by Gasteiger charge is -2.42. The zero-order chi connectivity index (χ0) is 53.4. The maximum atomic E-state index is 13.9. The number of ether oxygens (including phenoxy) is 2. The molecule has 9 rings (SSSR count). The number of hydrogen-bond donors (Lipinski definition) is 1. The van der Waals surface area contributed by atoms with Crippen LogP contribution in [-0.2, 0) is 14.3 Å². The monoisotopic (exact) mass is 1030 g/mol. The molecule has 2 aromatic carbocycles. The number of fused-ring (bicyclic) bond motifs is 1. The van der Waals surface area contributed by atoms with E-state index in [0.29, 0.717) is 37.3 Å². The molecule has 0 aliphatic carbocycles. The first kappa shape index (κ1) is 58.9. The van der Waals surface area contributed by atoms with Crippen molar-refractivity contribution in [2.24, 2.45) is 11.8 Å². The van der Waals surface area contributed by atoms with Crippen molar-refractivity contribution in [1.29, 1.82) is 0 Å². The minimum absolute atomic E-state index is 0. The highest BCUT2D eigenvalue weighted by atomic mass is 19.1. The molecule has 7 heterocycles. The third kappa shape index (κ3) is 17.0. The first-order valence-corrected chi connectivity index (χ1v) is 29.1. The van der Waals surface area contributed by atoms with Gasteiger partial charge in [-0.25, -0.2) is 14.4 Å². The molecule has 4 aromatic rings. The maximum Gasteiger partial charge on any atom is 0.243 e. The van der Waals surface area contributed by atoms with Crippen molar-refractivity contribution in [2.75, 3.05) is 122 Å². The van der Waals surface area contributed by atoms with Crippen LogP contribution in [-0.4, -0.2) is 126 Å². The van der Waals surface area contributed by atoms with Gasteiger partial charge in [0.1, 0.15) is 17.5 Å². The van der Waals surface area contributed by atoms with Crippen LogP contribution in [0.3, 0.4) is 0 Å². The minimum atomic E-state index is -0.157. The zero-order valence-corrected chi connectivity index (χ0v) is 47.1. The number of benzene rings is 2. The molecular formula is C62H96FN9O3. The van der Waals surface area contributed by atoms with Crippen LogP contribution in [0.2, 0.25) is 0 Å². The Hall–Kier alpha value is -5.40. The number of anilines is 6. The summed E-state index contributed by atoms with van der Waals surface area (Å²) in [5, 5.41) is 2.89. The number of nitrogens with zero attached hydrogens (tertiary/aromatic N) is 8. The lowest BCUT2D eigenvalue weighted by Crippen LogP contribution is -2.50. The number of aromatic nitrogens is 2. The predicted molar refractivity (Wildman–Crippen MR) is 315 cm³/mol. The summed E-state index contributed by atoms with van der Waals surface area (Å²) < 4.78 is 24.7. The number of piperidine rings is 4. The van der Waals surface area contributed by atoms with Gasteiger partial charge in [-0.15, -0.1) is 0 Å². The van der Waals surface area contributed by atoms with Gasteiger partial charge in [-0.1, -0.05) is 52.5 Å². The van der Waals surface area contributed by atoms with E-state index in [1.165, 1.54) is 79.7 Å². The normalized spacial score (nSPS) is 20.6. The van der Waals surface area contributed by atoms with E-state index in [-0.39, 0.29) is 13.2 Å². The van der Waals surface area contributed by atoms with E-state index < -0.39 is 0 Å². The summed E-state index contributed by atoms with van der Waals surface area (Å²) in [5.74, 6) is 3.36. The van der Waals surface area contributed by atoms with Crippen molar-refractivity contribution in [3.63, 3.8) is 0 Å². The molecule has 4 atom stereocenters. The molecule has 1 N–H and O–H groups in total. The van der Waals surface area contributed by atoms with Gasteiger partial charge in [0, 0.05) is 134 Å². The number of carbonyl (C=O) groups is 1. The molecule has 0 spiro atoms. The molecule has 0 saturated carbocycles. The Labute approximate surface area is 453 Å². The first-order valence-electron chi connectivity index (χ1n) is 29.1. The highest BCUT2D eigenvalue weighted by Crippen LogP contribution is 2.38. The molecule has 13 heteroatoms. The van der Waals surface area contributed by atoms with E-state index >= 15 is 0 Å². The Kier molecular flexibility index (Phi) is 24.8. The molecule has 12 nitrogen and oxygen atoms in total. The maximum absolute atomic E-state index is 13.9. The Morgan fingerprint density at radius 3 is 2.16 bits per heavy atom. The molecule has 414 valence electrons. The number of nitrogens with one attached hydrogen (secondary N) is 1. The van der Waals surface area contributed by atoms with Gasteiger partial charge < -0.3 is 44.2 Å². The summed E-state index contributed by atoms with van der Waals surface area (Å²) in [7, 11) is 1.71. The van der Waals surface area contributed by atoms with Crippen molar-refractivity contribution in [2.45, 2.75) is 137 Å². The fourth-order valence-corrected chi connectivity index (χ4v) is 12.0. The second-order valence-corrected chi connectivity index (χ2v) is 20.5. The number of methoxy groups -OCH3 is 1. The molecule has 5 aliphatic rings. The predicted octanol–water partition coefficient (Wildman–Crippen LogP) is 12.2. The summed E-state index contributed by atoms with van der Waals surface area (Å²) in [5.41, 5.74) is 6.24. The van der Waals surface area contributed by atoms with Crippen LogP contribution < -0.4 is 34.7 Å². The fraction of sp³-hybridized carbons (Fsp3) is 0.597. The van der Waals surface area contributed by atoms with Crippen molar-refractivity contribution >= 4 is 40.3 Å². The number of pyridine rings is 2. The van der Waals surface area contributed by atoms with E-state index in [2.05, 4.69) is 104 Å². The van der Waals surface area contributed by atoms with Gasteiger partial charge in [-0.3, -0.25) is 4.79 Å². The number of aryl methyl sites for hydroxylation is 1. The third-order valence-electron chi connectivity index (χ3n) is 15.8. The fourth-order valence-electron chi connectivity index (χ4n) is 12.0. The Morgan fingerprint density at radius 2 is 1.41 bits per heavy atom. The van der Waals surface area contributed by atoms with E-state index in [1.807, 2.05) is 52.2 Å². The average Bonchev–Trinajstić information content (AvgIpc) is 3.91. The molecule has 1 amide bonds. The zero-order valence-electron chi connectivity index (χ0n) is 47.1. The van der Waals surface area contributed by atoms with Gasteiger partial charge in [0.05, 0.1) is 25.3 Å². The van der Waals surface area contributed by atoms with Gasteiger partial charge >= 0.3 is 0 Å². The number of carbonyl (C=O) groups excluding carboxylic acids is 1. The highest BCUT2D eigenvalue weighted by molar-refractivity contribution is 5.86. The molecule has 5 saturated heterocycles. The molecule has 5 fully saturated rings. The summed E-state index contributed by atoms with van der Waals surface area (Å²) >= 11 is 0. The van der Waals surface area contributed by atoms with Crippen LogP contribution in [0.25, 0.3) is 0 Å². The number of likely N-dealkylation sites (N-methyl/N-ethyl adjacent to an activating group) is 1. The van der Waals surface area contributed by atoms with Crippen LogP contribution in [0.5, 0.6) is 0 Å². The number of hydrogen-bond acceptors (Lipinski definition) is 11. The van der Waals surface area contributed by atoms with Gasteiger partial charge in [0.15, 0.2) is 0 Å². The van der Waals surface area contributed by atoms with E-state index in [1.54, 1.807) is 13.2 Å². The van der Waals surface area contributed by atoms with Crippen LogP contribution in [0.4, 0.5) is 38.8 Å². The summed E-state index contributed by atoms with van der Waals surface area (Å²) in [4.78, 5) is 36.0. The summed E-state index contributed by atoms with van der Waals surface area (Å²) in [6.45, 7) is 28.3. The quantitative estimate of drug-likeness (QED) is 0.0719. The van der Waals surface area contributed by atoms with Crippen molar-refractivity contribution in [1.82, 2.24) is 15.3 Å². The lowest BCUT2D eigenvalue weighted by molar-refractivity contribution is -0.116. The Morgan fingerprint density at radius 1 is 0.720 bits per heavy atom. The molecule has 2 aromatic heterocycles. The van der Waals surface area contributed by atoms with Gasteiger partial charge in [-0.05, 0) is 157 Å². The molecule has 5 aliphatic heterocycles. The van der Waals surface area contributed by atoms with Gasteiger partial charge in [-0.2, -0.15) is 0 Å². The molecule has 1 unspecified atom stereocenters. The van der Waals surface area contributed by atoms with Gasteiger partial charge in [0.25, 0.3) is 0 Å². The average molecular weight is 1030 g/mol. The van der Waals surface area contributed by atoms with Crippen LogP contribution >= 0.6 is 0 Å². The van der Waals surface area contributed by atoms with E-state index in [0.717, 1.165) is 127 Å². The number of amides is 1. The molecule has 75 heavy (non-hydrogen) atoms. The second kappa shape index (κ2) is 31.6. The number of rotatable bonds is 19. The molecular weight excluding hydrogens is 938 g/mol. The Balaban J connectivity index is 0.000000260. The first-order chi connectivity index (χ1) is 36.8.